The van der Waals surface area contributed by atoms with Gasteiger partial charge in [0.15, 0.2) is 0 Å². The highest BCUT2D eigenvalue weighted by Crippen LogP contribution is 2.47. The lowest BCUT2D eigenvalue weighted by Gasteiger charge is -2.33. The Bertz CT molecular complexity index is 1860. The van der Waals surface area contributed by atoms with Crippen LogP contribution in [0.2, 0.25) is 0 Å². The monoisotopic (exact) mass is 545 g/mol. The molecule has 0 bridgehead atoms. The fraction of sp³-hybridized carbons (Fsp3) is 0. The van der Waals surface area contributed by atoms with Crippen LogP contribution in [-0.4, -0.2) is 6.71 Å². The molecule has 0 saturated heterocycles. The van der Waals surface area contributed by atoms with Crippen LogP contribution in [0.25, 0.3) is 11.1 Å². The molecule has 3 heterocycles. The van der Waals surface area contributed by atoms with Gasteiger partial charge in [0.05, 0.1) is 11.4 Å². The number of benzene rings is 5. The van der Waals surface area contributed by atoms with Crippen molar-refractivity contribution in [3.63, 3.8) is 0 Å². The number of nitrogens with zero attached hydrogens (tertiary/aromatic N) is 1. The number of allylic oxidation sites excluding steroid dienone is 2. The van der Waals surface area contributed by atoms with Crippen molar-refractivity contribution >= 4 is 46.2 Å². The van der Waals surface area contributed by atoms with Crippen molar-refractivity contribution in [1.82, 2.24) is 0 Å². The summed E-state index contributed by atoms with van der Waals surface area (Å²) >= 11 is 1.72. The fourth-order valence-electron chi connectivity index (χ4n) is 6.12. The molecule has 3 aliphatic rings. The highest BCUT2D eigenvalue weighted by atomic mass is 32.2. The van der Waals surface area contributed by atoms with Crippen molar-refractivity contribution in [3.8, 4) is 34.1 Å². The third-order valence-corrected chi connectivity index (χ3v) is 9.11. The first-order valence-electron chi connectivity index (χ1n) is 13.6. The molecule has 0 fully saturated rings. The van der Waals surface area contributed by atoms with E-state index in [1.54, 1.807) is 11.8 Å². The predicted octanol–water partition coefficient (Wildman–Crippen LogP) is 7.91. The SMILES string of the molecule is C=CC1=C(C=C)N(c2ccc(-c3cc4c5c(c3)Oc3ccccc3B5c3ccccc3O4)cc2)c2ccccc2S1. The minimum atomic E-state index is 0.0755. The van der Waals surface area contributed by atoms with Gasteiger partial charge in [0, 0.05) is 21.0 Å². The van der Waals surface area contributed by atoms with E-state index in [1.807, 2.05) is 24.3 Å². The molecule has 0 unspecified atom stereocenters. The predicted molar refractivity (Wildman–Crippen MR) is 171 cm³/mol. The van der Waals surface area contributed by atoms with Crippen molar-refractivity contribution < 1.29 is 9.47 Å². The van der Waals surface area contributed by atoms with E-state index in [-0.39, 0.29) is 6.71 Å². The summed E-state index contributed by atoms with van der Waals surface area (Å²) in [6.45, 7) is 8.24. The van der Waals surface area contributed by atoms with Crippen LogP contribution in [0.4, 0.5) is 11.4 Å². The van der Waals surface area contributed by atoms with Gasteiger partial charge in [-0.15, -0.1) is 0 Å². The van der Waals surface area contributed by atoms with Gasteiger partial charge in [0.25, 0.3) is 6.71 Å². The first-order chi connectivity index (χ1) is 20.2. The molecule has 3 aliphatic heterocycles. The summed E-state index contributed by atoms with van der Waals surface area (Å²) in [7, 11) is 0. The van der Waals surface area contributed by atoms with E-state index in [2.05, 4.69) is 115 Å². The lowest BCUT2D eigenvalue weighted by Crippen LogP contribution is -2.57. The van der Waals surface area contributed by atoms with E-state index < -0.39 is 0 Å². The first-order valence-corrected chi connectivity index (χ1v) is 14.4. The Morgan fingerprint density at radius 2 is 1.24 bits per heavy atom. The maximum absolute atomic E-state index is 6.50. The number of rotatable bonds is 4. The fourth-order valence-corrected chi connectivity index (χ4v) is 7.13. The standard InChI is InChI=1S/C36H24BNO2S/c1-3-28-34(4-2)41-35-16-10-7-13-29(35)38(28)25-19-17-23(18-20-25)24-21-32-36-33(22-24)40-31-15-9-6-12-27(31)37(36)26-11-5-8-14-30(26)39-32/h3-22H,1-2H2. The third-order valence-electron chi connectivity index (χ3n) is 7.95. The smallest absolute Gasteiger partial charge is 0.260 e. The summed E-state index contributed by atoms with van der Waals surface area (Å²) in [5.74, 6) is 3.47. The number of ether oxygens (including phenoxy) is 2. The molecule has 41 heavy (non-hydrogen) atoms. The van der Waals surface area contributed by atoms with Crippen LogP contribution < -0.4 is 30.8 Å². The Kier molecular flexibility index (Phi) is 5.47. The van der Waals surface area contributed by atoms with E-state index in [4.69, 9.17) is 9.47 Å². The second kappa shape index (κ2) is 9.36. The highest BCUT2D eigenvalue weighted by molar-refractivity contribution is 8.03. The number of para-hydroxylation sites is 3. The van der Waals surface area contributed by atoms with Crippen LogP contribution in [0.5, 0.6) is 23.0 Å². The van der Waals surface area contributed by atoms with Gasteiger partial charge in [0.2, 0.25) is 0 Å². The Labute approximate surface area is 244 Å². The maximum Gasteiger partial charge on any atom is 0.260 e. The molecular formula is C36H24BNO2S. The molecule has 3 nitrogen and oxygen atoms in total. The number of hydrogen-bond acceptors (Lipinski definition) is 4. The van der Waals surface area contributed by atoms with Crippen molar-refractivity contribution in [2.75, 3.05) is 4.90 Å². The zero-order chi connectivity index (χ0) is 27.5. The molecule has 0 atom stereocenters. The summed E-state index contributed by atoms with van der Waals surface area (Å²) in [6.07, 6.45) is 3.81. The van der Waals surface area contributed by atoms with Gasteiger partial charge in [-0.2, -0.15) is 0 Å². The van der Waals surface area contributed by atoms with Crippen LogP contribution in [-0.2, 0) is 0 Å². The van der Waals surface area contributed by atoms with Gasteiger partial charge in [-0.1, -0.05) is 91.7 Å². The minimum Gasteiger partial charge on any atom is -0.458 e. The summed E-state index contributed by atoms with van der Waals surface area (Å²) in [5.41, 5.74) is 8.77. The average molecular weight is 545 g/mol. The molecule has 8 rings (SSSR count). The summed E-state index contributed by atoms with van der Waals surface area (Å²) in [5, 5.41) is 0. The molecule has 0 aromatic heterocycles. The Morgan fingerprint density at radius 1 is 0.634 bits per heavy atom. The van der Waals surface area contributed by atoms with Crippen molar-refractivity contribution in [2.45, 2.75) is 4.90 Å². The second-order valence-electron chi connectivity index (χ2n) is 10.2. The quantitative estimate of drug-likeness (QED) is 0.210. The number of anilines is 2. The molecule has 0 amide bonds. The molecule has 5 heteroatoms. The maximum atomic E-state index is 6.50. The summed E-state index contributed by atoms with van der Waals surface area (Å²) < 4.78 is 13.0. The molecule has 5 aromatic rings. The Hall–Kier alpha value is -4.87. The topological polar surface area (TPSA) is 21.7 Å². The van der Waals surface area contributed by atoms with Crippen molar-refractivity contribution in [3.05, 3.63) is 145 Å². The van der Waals surface area contributed by atoms with Crippen LogP contribution in [0.3, 0.4) is 0 Å². The van der Waals surface area contributed by atoms with Crippen LogP contribution in [0.1, 0.15) is 0 Å². The minimum absolute atomic E-state index is 0.0755. The molecule has 194 valence electrons. The summed E-state index contributed by atoms with van der Waals surface area (Å²) in [6, 6.07) is 38.0. The largest absolute Gasteiger partial charge is 0.458 e. The normalized spacial score (nSPS) is 14.1. The van der Waals surface area contributed by atoms with Gasteiger partial charge in [0.1, 0.15) is 23.0 Å². The van der Waals surface area contributed by atoms with Crippen LogP contribution in [0.15, 0.2) is 150 Å². The molecule has 0 aliphatic carbocycles. The van der Waals surface area contributed by atoms with Gasteiger partial charge >= 0.3 is 0 Å². The van der Waals surface area contributed by atoms with E-state index in [1.165, 1.54) is 15.8 Å². The van der Waals surface area contributed by atoms with E-state index in [0.717, 1.165) is 61.6 Å². The zero-order valence-electron chi connectivity index (χ0n) is 22.2. The van der Waals surface area contributed by atoms with Gasteiger partial charge < -0.3 is 14.4 Å². The molecule has 0 saturated carbocycles. The van der Waals surface area contributed by atoms with E-state index in [9.17, 15) is 0 Å². The van der Waals surface area contributed by atoms with Crippen LogP contribution >= 0.6 is 11.8 Å². The lowest BCUT2D eigenvalue weighted by atomic mass is 9.35. The van der Waals surface area contributed by atoms with E-state index in [0.29, 0.717) is 0 Å². The van der Waals surface area contributed by atoms with Crippen LogP contribution in [0, 0.1) is 0 Å². The molecule has 0 radical (unpaired) electrons. The molecule has 0 spiro atoms. The van der Waals surface area contributed by atoms with Gasteiger partial charge in [-0.05, 0) is 76.7 Å². The van der Waals surface area contributed by atoms with Crippen molar-refractivity contribution in [1.29, 1.82) is 0 Å². The molecule has 0 N–H and O–H groups in total. The lowest BCUT2D eigenvalue weighted by molar-refractivity contribution is 0.465. The zero-order valence-corrected chi connectivity index (χ0v) is 23.0. The number of fused-ring (bicyclic) bond motifs is 5. The molecular weight excluding hydrogens is 521 g/mol. The van der Waals surface area contributed by atoms with Gasteiger partial charge in [-0.3, -0.25) is 0 Å². The first kappa shape index (κ1) is 24.0. The molecule has 5 aromatic carbocycles. The Morgan fingerprint density at radius 3 is 1.88 bits per heavy atom. The van der Waals surface area contributed by atoms with Gasteiger partial charge in [-0.25, -0.2) is 0 Å². The number of hydrogen-bond donors (Lipinski definition) is 0. The van der Waals surface area contributed by atoms with Crippen molar-refractivity contribution in [2.24, 2.45) is 0 Å². The second-order valence-corrected chi connectivity index (χ2v) is 11.3. The number of thioether (sulfide) groups is 1. The highest BCUT2D eigenvalue weighted by Gasteiger charge is 2.40. The third kappa shape index (κ3) is 3.70. The Balaban J connectivity index is 1.23. The van der Waals surface area contributed by atoms with E-state index >= 15 is 0 Å². The average Bonchev–Trinajstić information content (AvgIpc) is 3.03. The summed E-state index contributed by atoms with van der Waals surface area (Å²) in [4.78, 5) is 4.53.